The fourth-order valence-corrected chi connectivity index (χ4v) is 3.76. The molecule has 31 heavy (non-hydrogen) atoms. The van der Waals surface area contributed by atoms with E-state index in [9.17, 15) is 19.2 Å². The molecule has 0 saturated carbocycles. The van der Waals surface area contributed by atoms with Crippen molar-refractivity contribution in [3.63, 3.8) is 0 Å². The van der Waals surface area contributed by atoms with Crippen LogP contribution in [0.4, 0.5) is 4.79 Å². The van der Waals surface area contributed by atoms with Crippen LogP contribution in [-0.4, -0.2) is 39.5 Å². The Balaban J connectivity index is 2.03. The van der Waals surface area contributed by atoms with Gasteiger partial charge in [0.2, 0.25) is 5.91 Å². The number of carbonyl (C=O) groups excluding carboxylic acids is 4. The van der Waals surface area contributed by atoms with Crippen LogP contribution < -0.4 is 16.2 Å². The summed E-state index contributed by atoms with van der Waals surface area (Å²) >= 11 is 0. The van der Waals surface area contributed by atoms with Crippen LogP contribution >= 0.6 is 0 Å². The average molecular weight is 433 g/mol. The van der Waals surface area contributed by atoms with Crippen molar-refractivity contribution in [2.45, 2.75) is 64.8 Å². The van der Waals surface area contributed by atoms with Crippen molar-refractivity contribution in [1.29, 1.82) is 0 Å². The van der Waals surface area contributed by atoms with Crippen molar-refractivity contribution in [2.75, 3.05) is 0 Å². The molecule has 0 unspecified atom stereocenters. The van der Waals surface area contributed by atoms with Gasteiger partial charge in [-0.1, -0.05) is 50.6 Å². The summed E-state index contributed by atoms with van der Waals surface area (Å²) in [6.07, 6.45) is 2.03. The van der Waals surface area contributed by atoms with Gasteiger partial charge in [-0.25, -0.2) is 10.3 Å². The molecule has 0 aromatic heterocycles. The van der Waals surface area contributed by atoms with E-state index in [1.54, 1.807) is 19.3 Å². The number of nitrogens with one attached hydrogen (secondary N) is 3. The molecule has 0 bridgehead atoms. The molecule has 9 nitrogen and oxygen atoms in total. The number of amides is 5. The van der Waals surface area contributed by atoms with Gasteiger partial charge in [-0.05, 0) is 44.6 Å². The molecule has 1 aromatic rings. The van der Waals surface area contributed by atoms with Crippen LogP contribution in [0.2, 0.25) is 0 Å². The standard InChI is InChI=1S/C22H32N4O5/c1-14(2)13-16(18(27)24-26-20(29)22(3,4)23-21(26)30)11-8-12-17(19(28)25-31)15-9-6-5-7-10-15/h5-7,9-10,14,16-17,31H,8,11-13H2,1-4H3,(H,23,30)(H,24,27)(H,25,28)/t16-,17+/m1/s1. The Morgan fingerprint density at radius 1 is 1.10 bits per heavy atom. The zero-order valence-corrected chi connectivity index (χ0v) is 18.5. The summed E-state index contributed by atoms with van der Waals surface area (Å²) in [4.78, 5) is 49.4. The molecule has 1 aliphatic rings. The number of imide groups is 1. The summed E-state index contributed by atoms with van der Waals surface area (Å²) in [5.74, 6) is -2.17. The largest absolute Gasteiger partial charge is 0.344 e. The summed E-state index contributed by atoms with van der Waals surface area (Å²) in [5, 5.41) is 12.4. The summed E-state index contributed by atoms with van der Waals surface area (Å²) in [5.41, 5.74) is 3.88. The van der Waals surface area contributed by atoms with Gasteiger partial charge in [-0.15, -0.1) is 0 Å². The van der Waals surface area contributed by atoms with Crippen LogP contribution in [0.3, 0.4) is 0 Å². The average Bonchev–Trinajstić information content (AvgIpc) is 2.91. The lowest BCUT2D eigenvalue weighted by Gasteiger charge is -2.23. The minimum Gasteiger partial charge on any atom is -0.322 e. The summed E-state index contributed by atoms with van der Waals surface area (Å²) in [6, 6.07) is 8.46. The van der Waals surface area contributed by atoms with Gasteiger partial charge < -0.3 is 5.32 Å². The molecular formula is C22H32N4O5. The molecule has 0 spiro atoms. The quantitative estimate of drug-likeness (QED) is 0.257. The molecule has 4 N–H and O–H groups in total. The number of hydrogen-bond donors (Lipinski definition) is 4. The van der Waals surface area contributed by atoms with E-state index in [-0.39, 0.29) is 5.92 Å². The van der Waals surface area contributed by atoms with Crippen LogP contribution in [0.15, 0.2) is 30.3 Å². The van der Waals surface area contributed by atoms with Gasteiger partial charge in [0.25, 0.3) is 11.8 Å². The molecule has 2 atom stereocenters. The van der Waals surface area contributed by atoms with Crippen molar-refractivity contribution in [3.8, 4) is 0 Å². The first kappa shape index (κ1) is 24.3. The van der Waals surface area contributed by atoms with Crippen molar-refractivity contribution in [2.24, 2.45) is 11.8 Å². The molecule has 170 valence electrons. The Kier molecular flexibility index (Phi) is 8.15. The maximum absolute atomic E-state index is 12.9. The van der Waals surface area contributed by atoms with Crippen molar-refractivity contribution >= 4 is 23.8 Å². The molecule has 2 rings (SSSR count). The van der Waals surface area contributed by atoms with E-state index >= 15 is 0 Å². The van der Waals surface area contributed by atoms with Crippen LogP contribution in [0.1, 0.15) is 64.9 Å². The van der Waals surface area contributed by atoms with Crippen LogP contribution in [0.25, 0.3) is 0 Å². The second-order valence-electron chi connectivity index (χ2n) is 8.87. The maximum Gasteiger partial charge on any atom is 0.344 e. The number of rotatable bonds is 10. The highest BCUT2D eigenvalue weighted by molar-refractivity contribution is 6.07. The minimum absolute atomic E-state index is 0.223. The number of hydroxylamine groups is 1. The minimum atomic E-state index is -1.07. The van der Waals surface area contributed by atoms with Crippen LogP contribution in [0.5, 0.6) is 0 Å². The topological polar surface area (TPSA) is 128 Å². The molecule has 9 heteroatoms. The number of benzene rings is 1. The van der Waals surface area contributed by atoms with E-state index in [2.05, 4.69) is 10.7 Å². The van der Waals surface area contributed by atoms with Gasteiger partial charge in [-0.2, -0.15) is 5.01 Å². The van der Waals surface area contributed by atoms with Gasteiger partial charge >= 0.3 is 6.03 Å². The summed E-state index contributed by atoms with van der Waals surface area (Å²) in [6.45, 7) is 7.12. The van der Waals surface area contributed by atoms with Crippen LogP contribution in [0, 0.1) is 11.8 Å². The Hall–Kier alpha value is -2.94. The van der Waals surface area contributed by atoms with Crippen LogP contribution in [-0.2, 0) is 14.4 Å². The molecule has 1 fully saturated rings. The molecule has 1 saturated heterocycles. The normalized spacial score (nSPS) is 17.3. The first-order valence-corrected chi connectivity index (χ1v) is 10.5. The Morgan fingerprint density at radius 2 is 1.74 bits per heavy atom. The molecular weight excluding hydrogens is 400 g/mol. The van der Waals surface area contributed by atoms with E-state index < -0.39 is 41.1 Å². The fourth-order valence-electron chi connectivity index (χ4n) is 3.76. The zero-order valence-electron chi connectivity index (χ0n) is 18.5. The smallest absolute Gasteiger partial charge is 0.322 e. The molecule has 1 heterocycles. The SMILES string of the molecule is CC(C)C[C@@H](CCC[C@H](C(=O)NO)c1ccccc1)C(=O)NN1C(=O)NC(C)(C)C1=O. The van der Waals surface area contributed by atoms with Crippen molar-refractivity contribution in [1.82, 2.24) is 21.2 Å². The number of carbonyl (C=O) groups is 4. The summed E-state index contributed by atoms with van der Waals surface area (Å²) in [7, 11) is 0. The lowest BCUT2D eigenvalue weighted by Crippen LogP contribution is -2.50. The molecule has 0 radical (unpaired) electrons. The molecule has 0 aliphatic carbocycles. The summed E-state index contributed by atoms with van der Waals surface area (Å²) < 4.78 is 0. The number of urea groups is 1. The first-order chi connectivity index (χ1) is 14.6. The fraction of sp³-hybridized carbons (Fsp3) is 0.545. The van der Waals surface area contributed by atoms with Gasteiger partial charge in [0.15, 0.2) is 0 Å². The Morgan fingerprint density at radius 3 is 2.26 bits per heavy atom. The maximum atomic E-state index is 12.9. The van der Waals surface area contributed by atoms with E-state index in [1.165, 1.54) is 0 Å². The van der Waals surface area contributed by atoms with Gasteiger partial charge in [-0.3, -0.25) is 25.0 Å². The third-order valence-electron chi connectivity index (χ3n) is 5.38. The van der Waals surface area contributed by atoms with Crippen molar-refractivity contribution < 1.29 is 24.4 Å². The monoisotopic (exact) mass is 432 g/mol. The van der Waals surface area contributed by atoms with Gasteiger partial charge in [0, 0.05) is 5.92 Å². The molecule has 5 amide bonds. The second-order valence-corrected chi connectivity index (χ2v) is 8.87. The number of nitrogens with zero attached hydrogens (tertiary/aromatic N) is 1. The Bertz CT molecular complexity index is 809. The third-order valence-corrected chi connectivity index (χ3v) is 5.38. The van der Waals surface area contributed by atoms with Gasteiger partial charge in [0.1, 0.15) is 5.54 Å². The highest BCUT2D eigenvalue weighted by Crippen LogP contribution is 2.26. The van der Waals surface area contributed by atoms with Crippen molar-refractivity contribution in [3.05, 3.63) is 35.9 Å². The highest BCUT2D eigenvalue weighted by atomic mass is 16.5. The van der Waals surface area contributed by atoms with Gasteiger partial charge in [0.05, 0.1) is 5.92 Å². The predicted octanol–water partition coefficient (Wildman–Crippen LogP) is 2.47. The number of hydrazine groups is 1. The van der Waals surface area contributed by atoms with E-state index in [4.69, 9.17) is 5.21 Å². The predicted molar refractivity (Wildman–Crippen MR) is 114 cm³/mol. The molecule has 1 aromatic carbocycles. The third kappa shape index (κ3) is 6.27. The Labute approximate surface area is 182 Å². The van der Waals surface area contributed by atoms with E-state index in [0.717, 1.165) is 10.6 Å². The molecule has 1 aliphatic heterocycles. The lowest BCUT2D eigenvalue weighted by atomic mass is 9.87. The van der Waals surface area contributed by atoms with E-state index in [0.29, 0.717) is 25.7 Å². The number of hydrogen-bond acceptors (Lipinski definition) is 5. The highest BCUT2D eigenvalue weighted by Gasteiger charge is 2.45. The zero-order chi connectivity index (χ0) is 23.2. The van der Waals surface area contributed by atoms with E-state index in [1.807, 2.05) is 44.2 Å². The second kappa shape index (κ2) is 10.4. The lowest BCUT2D eigenvalue weighted by molar-refractivity contribution is -0.140. The first-order valence-electron chi connectivity index (χ1n) is 10.5.